The number of thioether (sulfide) groups is 2. The number of fused-ring (bicyclic) bond motifs is 1. The Morgan fingerprint density at radius 1 is 1.03 bits per heavy atom. The van der Waals surface area contributed by atoms with Gasteiger partial charge in [-0.3, -0.25) is 14.7 Å². The van der Waals surface area contributed by atoms with Gasteiger partial charge in [0.1, 0.15) is 15.7 Å². The van der Waals surface area contributed by atoms with E-state index in [0.29, 0.717) is 6.54 Å². The molecule has 156 valence electrons. The summed E-state index contributed by atoms with van der Waals surface area (Å²) in [6, 6.07) is 16.2. The maximum absolute atomic E-state index is 13.3. The number of likely N-dealkylation sites (N-methyl/N-ethyl adjacent to an activating group) is 1. The SMILES string of the molecule is CCN1C(=O)C(=C2Sc3ccc(OC)cc3N2CC)SC1=NC(C)c1ccccc1. The number of aliphatic imine (C=N–C) groups is 1. The Hall–Kier alpha value is -2.38. The van der Waals surface area contributed by atoms with Crippen molar-refractivity contribution in [2.45, 2.75) is 31.7 Å². The van der Waals surface area contributed by atoms with E-state index in [2.05, 4.69) is 36.9 Å². The topological polar surface area (TPSA) is 45.1 Å². The van der Waals surface area contributed by atoms with Gasteiger partial charge in [0, 0.05) is 24.1 Å². The molecule has 1 unspecified atom stereocenters. The van der Waals surface area contributed by atoms with Crippen molar-refractivity contribution in [3.8, 4) is 5.75 Å². The fraction of sp³-hybridized carbons (Fsp3) is 0.304. The van der Waals surface area contributed by atoms with Crippen LogP contribution in [0.15, 0.2) is 68.4 Å². The lowest BCUT2D eigenvalue weighted by Crippen LogP contribution is -2.30. The highest BCUT2D eigenvalue weighted by Crippen LogP contribution is 2.51. The monoisotopic (exact) mass is 439 g/mol. The Balaban J connectivity index is 1.70. The molecule has 2 heterocycles. The molecule has 2 aromatic carbocycles. The molecule has 2 aliphatic heterocycles. The van der Waals surface area contributed by atoms with E-state index in [1.54, 1.807) is 23.8 Å². The molecular formula is C23H25N3O2S2. The zero-order chi connectivity index (χ0) is 21.3. The van der Waals surface area contributed by atoms with E-state index in [1.807, 2.05) is 37.3 Å². The van der Waals surface area contributed by atoms with Gasteiger partial charge in [-0.15, -0.1) is 0 Å². The van der Waals surface area contributed by atoms with Gasteiger partial charge in [-0.2, -0.15) is 0 Å². The van der Waals surface area contributed by atoms with Gasteiger partial charge in [-0.1, -0.05) is 42.1 Å². The third kappa shape index (κ3) is 3.72. The summed E-state index contributed by atoms with van der Waals surface area (Å²) in [6.07, 6.45) is 0. The summed E-state index contributed by atoms with van der Waals surface area (Å²) in [6.45, 7) is 7.54. The first kappa shape index (κ1) is 20.9. The number of ether oxygens (including phenoxy) is 1. The molecule has 0 N–H and O–H groups in total. The molecule has 2 aliphatic rings. The lowest BCUT2D eigenvalue weighted by molar-refractivity contribution is -0.122. The Labute approximate surface area is 186 Å². The molecule has 4 rings (SSSR count). The van der Waals surface area contributed by atoms with Crippen LogP contribution in [0, 0.1) is 0 Å². The number of amidine groups is 1. The summed E-state index contributed by atoms with van der Waals surface area (Å²) in [7, 11) is 1.67. The molecule has 0 aliphatic carbocycles. The highest BCUT2D eigenvalue weighted by Gasteiger charge is 2.39. The molecule has 1 amide bonds. The van der Waals surface area contributed by atoms with Gasteiger partial charge in [0.2, 0.25) is 0 Å². The van der Waals surface area contributed by atoms with E-state index in [-0.39, 0.29) is 11.9 Å². The Kier molecular flexibility index (Phi) is 6.11. The molecule has 2 aromatic rings. The number of methoxy groups -OCH3 is 1. The smallest absolute Gasteiger partial charge is 0.269 e. The number of carbonyl (C=O) groups is 1. The van der Waals surface area contributed by atoms with Gasteiger partial charge in [-0.05, 0) is 50.2 Å². The zero-order valence-corrected chi connectivity index (χ0v) is 19.2. The average Bonchev–Trinajstić information content (AvgIpc) is 3.29. The summed E-state index contributed by atoms with van der Waals surface area (Å²) < 4.78 is 5.40. The van der Waals surface area contributed by atoms with Crippen LogP contribution in [0.2, 0.25) is 0 Å². The van der Waals surface area contributed by atoms with Crippen molar-refractivity contribution >= 4 is 40.3 Å². The molecule has 1 atom stereocenters. The quantitative estimate of drug-likeness (QED) is 0.575. The van der Waals surface area contributed by atoms with E-state index < -0.39 is 0 Å². The molecule has 1 saturated heterocycles. The second-order valence-corrected chi connectivity index (χ2v) is 8.97. The fourth-order valence-corrected chi connectivity index (χ4v) is 6.05. The van der Waals surface area contributed by atoms with Crippen LogP contribution in [0.3, 0.4) is 0 Å². The van der Waals surface area contributed by atoms with Crippen molar-refractivity contribution in [3.05, 3.63) is 64.0 Å². The second-order valence-electron chi connectivity index (χ2n) is 6.96. The molecule has 5 nitrogen and oxygen atoms in total. The standard InChI is InChI=1S/C23H25N3O2S2/c1-5-25-18-14-17(28-4)12-13-19(18)29-22(25)20-21(27)26(6-2)23(30-20)24-15(3)16-10-8-7-9-11-16/h7-15H,5-6H2,1-4H3. The number of amides is 1. The van der Waals surface area contributed by atoms with Crippen molar-refractivity contribution in [1.82, 2.24) is 4.90 Å². The third-order valence-electron chi connectivity index (χ3n) is 5.19. The van der Waals surface area contributed by atoms with E-state index in [0.717, 1.165) is 43.5 Å². The minimum atomic E-state index is -0.0140. The normalized spacial score (nSPS) is 20.8. The van der Waals surface area contributed by atoms with Crippen LogP contribution in [-0.4, -0.2) is 36.2 Å². The van der Waals surface area contributed by atoms with Gasteiger partial charge in [0.25, 0.3) is 5.91 Å². The number of benzene rings is 2. The minimum absolute atomic E-state index is 0.0140. The molecular weight excluding hydrogens is 414 g/mol. The van der Waals surface area contributed by atoms with Gasteiger partial charge in [-0.25, -0.2) is 0 Å². The molecule has 0 spiro atoms. The Morgan fingerprint density at radius 3 is 2.43 bits per heavy atom. The summed E-state index contributed by atoms with van der Waals surface area (Å²) in [5.74, 6) is 0.848. The van der Waals surface area contributed by atoms with E-state index in [9.17, 15) is 4.79 Å². The number of hydrogen-bond donors (Lipinski definition) is 0. The van der Waals surface area contributed by atoms with E-state index in [4.69, 9.17) is 9.73 Å². The van der Waals surface area contributed by atoms with Crippen molar-refractivity contribution in [2.75, 3.05) is 25.1 Å². The van der Waals surface area contributed by atoms with Crippen LogP contribution in [0.5, 0.6) is 5.75 Å². The highest BCUT2D eigenvalue weighted by molar-refractivity contribution is 8.19. The number of rotatable bonds is 5. The Bertz CT molecular complexity index is 1020. The van der Waals surface area contributed by atoms with Crippen LogP contribution in [-0.2, 0) is 4.79 Å². The number of hydrogen-bond acceptors (Lipinski definition) is 6. The van der Waals surface area contributed by atoms with Gasteiger partial charge in [0.15, 0.2) is 5.17 Å². The lowest BCUT2D eigenvalue weighted by Gasteiger charge is -2.19. The summed E-state index contributed by atoms with van der Waals surface area (Å²) in [5.41, 5.74) is 2.23. The van der Waals surface area contributed by atoms with Crippen molar-refractivity contribution in [3.63, 3.8) is 0 Å². The van der Waals surface area contributed by atoms with Crippen LogP contribution in [0.1, 0.15) is 32.4 Å². The summed E-state index contributed by atoms with van der Waals surface area (Å²) in [5, 5.41) is 1.75. The minimum Gasteiger partial charge on any atom is -0.497 e. The predicted molar refractivity (Wildman–Crippen MR) is 126 cm³/mol. The molecule has 0 bridgehead atoms. The number of carbonyl (C=O) groups excluding carboxylic acids is 1. The van der Waals surface area contributed by atoms with Crippen LogP contribution in [0.4, 0.5) is 5.69 Å². The van der Waals surface area contributed by atoms with E-state index in [1.165, 1.54) is 11.8 Å². The second kappa shape index (κ2) is 8.78. The van der Waals surface area contributed by atoms with Crippen molar-refractivity contribution < 1.29 is 9.53 Å². The maximum Gasteiger partial charge on any atom is 0.269 e. The van der Waals surface area contributed by atoms with E-state index >= 15 is 0 Å². The first-order valence-corrected chi connectivity index (χ1v) is 11.7. The predicted octanol–water partition coefficient (Wildman–Crippen LogP) is 5.51. The Morgan fingerprint density at radius 2 is 1.77 bits per heavy atom. The summed E-state index contributed by atoms with van der Waals surface area (Å²) in [4.78, 5) is 24.1. The first-order valence-electron chi connectivity index (χ1n) is 10.1. The average molecular weight is 440 g/mol. The van der Waals surface area contributed by atoms with Crippen LogP contribution < -0.4 is 9.64 Å². The van der Waals surface area contributed by atoms with Gasteiger partial charge < -0.3 is 9.64 Å². The van der Waals surface area contributed by atoms with Gasteiger partial charge in [0.05, 0.1) is 18.8 Å². The van der Waals surface area contributed by atoms with Crippen molar-refractivity contribution in [2.24, 2.45) is 4.99 Å². The third-order valence-corrected chi connectivity index (χ3v) is 7.58. The molecule has 1 fully saturated rings. The van der Waals surface area contributed by atoms with Crippen molar-refractivity contribution in [1.29, 1.82) is 0 Å². The van der Waals surface area contributed by atoms with Gasteiger partial charge >= 0.3 is 0 Å². The first-order chi connectivity index (χ1) is 14.6. The number of anilines is 1. The largest absolute Gasteiger partial charge is 0.497 e. The molecule has 30 heavy (non-hydrogen) atoms. The fourth-order valence-electron chi connectivity index (χ4n) is 3.55. The zero-order valence-electron chi connectivity index (χ0n) is 17.6. The lowest BCUT2D eigenvalue weighted by atomic mass is 10.1. The maximum atomic E-state index is 13.3. The van der Waals surface area contributed by atoms with Crippen LogP contribution >= 0.6 is 23.5 Å². The highest BCUT2D eigenvalue weighted by atomic mass is 32.2. The summed E-state index contributed by atoms with van der Waals surface area (Å²) >= 11 is 3.13. The molecule has 0 saturated carbocycles. The molecule has 7 heteroatoms. The van der Waals surface area contributed by atoms with Crippen LogP contribution in [0.25, 0.3) is 0 Å². The molecule has 0 aromatic heterocycles. The number of nitrogens with zero attached hydrogens (tertiary/aromatic N) is 3. The molecule has 0 radical (unpaired) electrons.